The van der Waals surface area contributed by atoms with Gasteiger partial charge in [0, 0.05) is 69.9 Å². The van der Waals surface area contributed by atoms with E-state index in [1.165, 1.54) is 12.6 Å². The Balaban J connectivity index is 1.87. The van der Waals surface area contributed by atoms with Gasteiger partial charge < -0.3 is 5.73 Å². The van der Waals surface area contributed by atoms with Crippen molar-refractivity contribution in [2.75, 3.05) is 5.73 Å². The van der Waals surface area contributed by atoms with E-state index >= 15 is 0 Å². The van der Waals surface area contributed by atoms with Crippen LogP contribution in [-0.4, -0.2) is 71.4 Å². The van der Waals surface area contributed by atoms with Crippen molar-refractivity contribution in [1.82, 2.24) is 0 Å². The first kappa shape index (κ1) is 16.7. The summed E-state index contributed by atoms with van der Waals surface area (Å²) < 4.78 is 0. The van der Waals surface area contributed by atoms with Gasteiger partial charge in [-0.1, -0.05) is 18.5 Å². The maximum Gasteiger partial charge on any atom is 0.0548 e. The van der Waals surface area contributed by atoms with Gasteiger partial charge in [0.25, 0.3) is 0 Å². The fourth-order valence-corrected chi connectivity index (χ4v) is 1.49. The van der Waals surface area contributed by atoms with Crippen LogP contribution in [-0.2, 0) is 6.42 Å². The zero-order valence-electron chi connectivity index (χ0n) is 11.1. The number of rotatable bonds is 11. The number of anilines is 1. The maximum absolute atomic E-state index is 5.64. The average Bonchev–Trinajstić information content (AvgIpc) is 2.43. The highest BCUT2D eigenvalue weighted by molar-refractivity contribution is 7.68. The first-order valence-electron chi connectivity index (χ1n) is 6.37. The third-order valence-electron chi connectivity index (χ3n) is 2.49. The largest absolute Gasteiger partial charge is 0.399 e. The molecule has 19 heavy (non-hydrogen) atoms. The first-order valence-corrected chi connectivity index (χ1v) is 6.37. The molecule has 0 fully saturated rings. The highest BCUT2D eigenvalue weighted by Gasteiger charge is 1.98. The molecule has 1 aromatic carbocycles. The van der Waals surface area contributed by atoms with Crippen LogP contribution in [0.5, 0.6) is 0 Å². The summed E-state index contributed by atoms with van der Waals surface area (Å²) in [6.45, 7) is 0. The first-order chi connectivity index (χ1) is 9.33. The number of nitrogen functional groups attached to an aromatic ring is 1. The maximum atomic E-state index is 5.64. The number of hydrogen-bond acceptors (Lipinski definition) is 1. The molecular formula is C8H10B10N. The van der Waals surface area contributed by atoms with E-state index in [-0.39, 0.29) is 0 Å². The van der Waals surface area contributed by atoms with Crippen LogP contribution >= 0.6 is 0 Å². The molecule has 0 aromatic heterocycles. The van der Waals surface area contributed by atoms with E-state index in [0.717, 1.165) is 18.4 Å². The van der Waals surface area contributed by atoms with Crippen LogP contribution in [0.3, 0.4) is 0 Å². The summed E-state index contributed by atoms with van der Waals surface area (Å²) in [4.78, 5) is 0. The van der Waals surface area contributed by atoms with Gasteiger partial charge in [-0.15, -0.1) is 0 Å². The molecule has 0 heterocycles. The van der Waals surface area contributed by atoms with Gasteiger partial charge in [-0.05, 0) is 24.1 Å². The SMILES string of the molecule is [B][B][B][B][B][B][B][B][B][B]CCc1ccc(N)cc1. The molecule has 77 valence electrons. The lowest BCUT2D eigenvalue weighted by Crippen LogP contribution is -2.31. The second-order valence-electron chi connectivity index (χ2n) is 4.06. The molecule has 0 bridgehead atoms. The van der Waals surface area contributed by atoms with Crippen molar-refractivity contribution in [2.45, 2.75) is 12.7 Å². The predicted octanol–water partition coefficient (Wildman–Crippen LogP) is -2.03. The van der Waals surface area contributed by atoms with Crippen molar-refractivity contribution >= 4 is 77.1 Å². The minimum Gasteiger partial charge on any atom is -0.399 e. The van der Waals surface area contributed by atoms with Crippen molar-refractivity contribution < 1.29 is 0 Å². The fraction of sp³-hybridized carbons (Fsp3) is 0.250. The third-order valence-corrected chi connectivity index (χ3v) is 2.49. The summed E-state index contributed by atoms with van der Waals surface area (Å²) in [6.07, 6.45) is 2.07. The molecule has 0 aliphatic carbocycles. The smallest absolute Gasteiger partial charge is 0.0548 e. The van der Waals surface area contributed by atoms with Crippen LogP contribution in [0.15, 0.2) is 24.3 Å². The summed E-state index contributed by atoms with van der Waals surface area (Å²) in [6, 6.07) is 8.02. The summed E-state index contributed by atoms with van der Waals surface area (Å²) >= 11 is 0. The predicted molar refractivity (Wildman–Crippen MR) is 96.9 cm³/mol. The molecular weight excluding hydrogens is 218 g/mol. The number of nitrogens with two attached hydrogens (primary N) is 1. The minimum atomic E-state index is 0.815. The standard InChI is InChI=1S/C8H10B10N/c9-11-13-15-17-18-16-14-12-10-6-5-7-1-3-8(19)4-2-7/h1-4H,5-6,19H2. The van der Waals surface area contributed by atoms with Crippen molar-refractivity contribution in [3.05, 3.63) is 29.8 Å². The second kappa shape index (κ2) is 11.5. The quantitative estimate of drug-likeness (QED) is 0.264. The molecule has 1 aromatic rings. The van der Waals surface area contributed by atoms with E-state index in [2.05, 4.69) is 26.4 Å². The molecule has 0 saturated heterocycles. The van der Waals surface area contributed by atoms with E-state index in [9.17, 15) is 0 Å². The fourth-order valence-electron chi connectivity index (χ4n) is 1.49. The number of benzene rings is 1. The molecule has 0 saturated carbocycles. The van der Waals surface area contributed by atoms with Crippen LogP contribution in [0.2, 0.25) is 6.32 Å². The van der Waals surface area contributed by atoms with Crippen LogP contribution in [0.25, 0.3) is 0 Å². The summed E-state index contributed by atoms with van der Waals surface area (Å²) in [5.41, 5.74) is 7.76. The molecule has 1 nitrogen and oxygen atoms in total. The van der Waals surface area contributed by atoms with E-state index in [1.807, 2.05) is 47.4 Å². The van der Waals surface area contributed by atoms with Gasteiger partial charge in [0.2, 0.25) is 0 Å². The molecule has 11 heteroatoms. The third kappa shape index (κ3) is 9.24. The van der Waals surface area contributed by atoms with Crippen molar-refractivity contribution in [3.63, 3.8) is 0 Å². The van der Waals surface area contributed by atoms with Crippen LogP contribution in [0.1, 0.15) is 5.56 Å². The molecule has 0 aliphatic rings. The van der Waals surface area contributed by atoms with Gasteiger partial charge in [-0.3, -0.25) is 0 Å². The Bertz CT molecular complexity index is 320. The molecule has 2 N–H and O–H groups in total. The van der Waals surface area contributed by atoms with Gasteiger partial charge in [0.15, 0.2) is 0 Å². The van der Waals surface area contributed by atoms with E-state index in [0.29, 0.717) is 0 Å². The average molecular weight is 228 g/mol. The summed E-state index contributed by atoms with van der Waals surface area (Å²) in [5.74, 6) is 0. The van der Waals surface area contributed by atoms with Crippen LogP contribution < -0.4 is 5.73 Å². The molecule has 11 radical (unpaired) electrons. The zero-order valence-corrected chi connectivity index (χ0v) is 11.1. The Labute approximate surface area is 125 Å². The van der Waals surface area contributed by atoms with Gasteiger partial charge in [0.05, 0.1) is 7.17 Å². The summed E-state index contributed by atoms with van der Waals surface area (Å²) in [7, 11) is 22.5. The Morgan fingerprint density at radius 2 is 1.42 bits per heavy atom. The molecule has 0 spiro atoms. The topological polar surface area (TPSA) is 26.0 Å². The number of hydrogen-bond donors (Lipinski definition) is 1. The van der Waals surface area contributed by atoms with Gasteiger partial charge >= 0.3 is 0 Å². The van der Waals surface area contributed by atoms with Crippen LogP contribution in [0.4, 0.5) is 5.69 Å². The highest BCUT2D eigenvalue weighted by atomic mass is 14.5. The van der Waals surface area contributed by atoms with Crippen molar-refractivity contribution in [2.24, 2.45) is 0 Å². The van der Waals surface area contributed by atoms with Crippen molar-refractivity contribution in [1.29, 1.82) is 0 Å². The van der Waals surface area contributed by atoms with E-state index in [1.54, 1.807) is 7.06 Å². The molecule has 0 atom stereocenters. The zero-order chi connectivity index (χ0) is 13.8. The number of aryl methyl sites for hydroxylation is 1. The normalized spacial score (nSPS) is 8.84. The second-order valence-corrected chi connectivity index (χ2v) is 4.06. The molecule has 0 aliphatic heterocycles. The Morgan fingerprint density at radius 1 is 0.842 bits per heavy atom. The Morgan fingerprint density at radius 3 is 2.05 bits per heavy atom. The Kier molecular flexibility index (Phi) is 10.1. The van der Waals surface area contributed by atoms with Gasteiger partial charge in [-0.2, -0.15) is 0 Å². The van der Waals surface area contributed by atoms with E-state index < -0.39 is 0 Å². The Hall–Kier alpha value is -0.331. The molecule has 0 amide bonds. The minimum absolute atomic E-state index is 0.815. The lowest BCUT2D eigenvalue weighted by atomic mass is 8.89. The molecule has 0 unspecified atom stereocenters. The molecule has 1 rings (SSSR count). The van der Waals surface area contributed by atoms with E-state index in [4.69, 9.17) is 13.5 Å². The highest BCUT2D eigenvalue weighted by Crippen LogP contribution is 2.07. The van der Waals surface area contributed by atoms with Gasteiger partial charge in [0.1, 0.15) is 0 Å². The van der Waals surface area contributed by atoms with Gasteiger partial charge in [-0.25, -0.2) is 0 Å². The van der Waals surface area contributed by atoms with Crippen molar-refractivity contribution in [3.8, 4) is 0 Å². The lowest BCUT2D eigenvalue weighted by Gasteiger charge is -2.01. The monoisotopic (exact) mass is 230 g/mol. The lowest BCUT2D eigenvalue weighted by molar-refractivity contribution is 1.13. The van der Waals surface area contributed by atoms with Crippen LogP contribution in [0, 0.1) is 0 Å². The summed E-state index contributed by atoms with van der Waals surface area (Å²) in [5, 5.41) is 0.